The second-order valence-electron chi connectivity index (χ2n) is 4.46. The van der Waals surface area contributed by atoms with Gasteiger partial charge in [-0.3, -0.25) is 9.78 Å². The number of carboxylic acid groups (broad SMARTS) is 1. The number of aromatic nitrogens is 1. The second-order valence-corrected chi connectivity index (χ2v) is 4.46. The Morgan fingerprint density at radius 3 is 2.67 bits per heavy atom. The summed E-state index contributed by atoms with van der Waals surface area (Å²) >= 11 is 0. The van der Waals surface area contributed by atoms with Crippen molar-refractivity contribution in [3.8, 4) is 0 Å². The molecule has 0 saturated carbocycles. The van der Waals surface area contributed by atoms with Crippen LogP contribution in [0.2, 0.25) is 0 Å². The topological polar surface area (TPSA) is 105 Å². The van der Waals surface area contributed by atoms with Crippen molar-refractivity contribution in [3.63, 3.8) is 0 Å². The van der Waals surface area contributed by atoms with Crippen molar-refractivity contribution >= 4 is 17.6 Å². The molecule has 0 unspecified atom stereocenters. The first-order valence-corrected chi connectivity index (χ1v) is 5.65. The van der Waals surface area contributed by atoms with E-state index in [0.717, 1.165) is 0 Å². The highest BCUT2D eigenvalue weighted by molar-refractivity contribution is 5.91. The quantitative estimate of drug-likeness (QED) is 0.701. The number of carbonyl (C=O) groups excluding carboxylic acids is 1. The summed E-state index contributed by atoms with van der Waals surface area (Å²) in [6.45, 7) is 3.89. The van der Waals surface area contributed by atoms with Crippen LogP contribution in [0, 0.1) is 5.92 Å². The van der Waals surface area contributed by atoms with Crippen LogP contribution in [0.5, 0.6) is 0 Å². The molecule has 6 heteroatoms. The zero-order chi connectivity index (χ0) is 13.7. The molecule has 0 spiro atoms. The molecule has 1 aromatic rings. The molecule has 1 aromatic heterocycles. The van der Waals surface area contributed by atoms with E-state index < -0.39 is 17.9 Å². The normalized spacial score (nSPS) is 12.2. The third kappa shape index (κ3) is 4.04. The largest absolute Gasteiger partial charge is 0.480 e. The number of carboxylic acids is 1. The Labute approximate surface area is 105 Å². The Bertz CT molecular complexity index is 446. The highest BCUT2D eigenvalue weighted by Gasteiger charge is 2.18. The van der Waals surface area contributed by atoms with Crippen molar-refractivity contribution < 1.29 is 14.7 Å². The van der Waals surface area contributed by atoms with Gasteiger partial charge in [-0.15, -0.1) is 0 Å². The molecule has 0 aliphatic carbocycles. The molecule has 6 nitrogen and oxygen atoms in total. The van der Waals surface area contributed by atoms with Gasteiger partial charge in [0.15, 0.2) is 0 Å². The van der Waals surface area contributed by atoms with E-state index in [1.165, 1.54) is 12.3 Å². The Hall–Kier alpha value is -2.11. The molecule has 4 N–H and O–H groups in total. The summed E-state index contributed by atoms with van der Waals surface area (Å²) in [7, 11) is 0. The summed E-state index contributed by atoms with van der Waals surface area (Å²) in [5.41, 5.74) is 5.73. The average Bonchev–Trinajstić information content (AvgIpc) is 2.27. The van der Waals surface area contributed by atoms with Crippen molar-refractivity contribution in [1.82, 2.24) is 4.98 Å². The molecule has 0 bridgehead atoms. The van der Waals surface area contributed by atoms with Gasteiger partial charge in [0.25, 0.3) is 5.91 Å². The molecule has 1 atom stereocenters. The highest BCUT2D eigenvalue weighted by atomic mass is 16.4. The number of hydrogen-bond donors (Lipinski definition) is 3. The Kier molecular flexibility index (Phi) is 4.65. The van der Waals surface area contributed by atoms with Gasteiger partial charge in [-0.1, -0.05) is 13.8 Å². The molecule has 18 heavy (non-hydrogen) atoms. The summed E-state index contributed by atoms with van der Waals surface area (Å²) in [4.78, 5) is 25.8. The number of nitrogens with one attached hydrogen (secondary N) is 1. The van der Waals surface area contributed by atoms with Gasteiger partial charge in [0.1, 0.15) is 11.7 Å². The van der Waals surface area contributed by atoms with Gasteiger partial charge in [0.2, 0.25) is 0 Å². The van der Waals surface area contributed by atoms with Crippen LogP contribution in [-0.4, -0.2) is 28.0 Å². The Morgan fingerprint density at radius 1 is 1.50 bits per heavy atom. The van der Waals surface area contributed by atoms with Gasteiger partial charge < -0.3 is 16.2 Å². The van der Waals surface area contributed by atoms with E-state index in [9.17, 15) is 9.59 Å². The van der Waals surface area contributed by atoms with Gasteiger partial charge in [0, 0.05) is 11.9 Å². The number of pyridine rings is 1. The van der Waals surface area contributed by atoms with Crippen molar-refractivity contribution in [1.29, 1.82) is 0 Å². The van der Waals surface area contributed by atoms with E-state index in [4.69, 9.17) is 10.8 Å². The minimum Gasteiger partial charge on any atom is -0.480 e. The lowest BCUT2D eigenvalue weighted by Crippen LogP contribution is -2.30. The fourth-order valence-electron chi connectivity index (χ4n) is 1.55. The van der Waals surface area contributed by atoms with Crippen molar-refractivity contribution in [2.75, 3.05) is 5.32 Å². The van der Waals surface area contributed by atoms with Crippen molar-refractivity contribution in [2.24, 2.45) is 11.7 Å². The molecular formula is C12H17N3O3. The lowest BCUT2D eigenvalue weighted by atomic mass is 10.0. The third-order valence-corrected chi connectivity index (χ3v) is 2.36. The first-order chi connectivity index (χ1) is 8.40. The summed E-state index contributed by atoms with van der Waals surface area (Å²) in [5.74, 6) is -1.33. The fourth-order valence-corrected chi connectivity index (χ4v) is 1.55. The van der Waals surface area contributed by atoms with Gasteiger partial charge in [-0.25, -0.2) is 4.79 Å². The fraction of sp³-hybridized carbons (Fsp3) is 0.417. The zero-order valence-corrected chi connectivity index (χ0v) is 10.4. The Morgan fingerprint density at radius 2 is 2.17 bits per heavy atom. The van der Waals surface area contributed by atoms with E-state index in [0.29, 0.717) is 12.1 Å². The number of primary amides is 1. The summed E-state index contributed by atoms with van der Waals surface area (Å²) < 4.78 is 0. The van der Waals surface area contributed by atoms with Gasteiger partial charge in [-0.2, -0.15) is 0 Å². The maximum absolute atomic E-state index is 11.1. The van der Waals surface area contributed by atoms with Crippen LogP contribution in [0.1, 0.15) is 30.8 Å². The van der Waals surface area contributed by atoms with E-state index in [1.807, 2.05) is 13.8 Å². The van der Waals surface area contributed by atoms with Crippen LogP contribution in [0.25, 0.3) is 0 Å². The molecular weight excluding hydrogens is 234 g/mol. The van der Waals surface area contributed by atoms with Crippen LogP contribution in [0.4, 0.5) is 5.69 Å². The monoisotopic (exact) mass is 251 g/mol. The lowest BCUT2D eigenvalue weighted by Gasteiger charge is -2.17. The SMILES string of the molecule is CC(C)C[C@H](Nc1ccnc(C(N)=O)c1)C(=O)O. The first kappa shape index (κ1) is 14.0. The molecule has 0 radical (unpaired) electrons. The van der Waals surface area contributed by atoms with Gasteiger partial charge in [0.05, 0.1) is 0 Å². The van der Waals surface area contributed by atoms with Crippen LogP contribution >= 0.6 is 0 Å². The van der Waals surface area contributed by atoms with E-state index in [1.54, 1.807) is 6.07 Å². The van der Waals surface area contributed by atoms with E-state index >= 15 is 0 Å². The van der Waals surface area contributed by atoms with Crippen molar-refractivity contribution in [2.45, 2.75) is 26.3 Å². The molecule has 98 valence electrons. The minimum atomic E-state index is -0.930. The predicted molar refractivity (Wildman–Crippen MR) is 67.3 cm³/mol. The average molecular weight is 251 g/mol. The Balaban J connectivity index is 2.83. The summed E-state index contributed by atoms with van der Waals surface area (Å²) in [5, 5.41) is 11.9. The van der Waals surface area contributed by atoms with E-state index in [2.05, 4.69) is 10.3 Å². The van der Waals surface area contributed by atoms with Crippen LogP contribution in [0.15, 0.2) is 18.3 Å². The van der Waals surface area contributed by atoms with Gasteiger partial charge in [-0.05, 0) is 24.5 Å². The zero-order valence-electron chi connectivity index (χ0n) is 10.4. The molecule has 0 aliphatic rings. The predicted octanol–water partition coefficient (Wildman–Crippen LogP) is 1.09. The standard InChI is InChI=1S/C12H17N3O3/c1-7(2)5-10(12(17)18)15-8-3-4-14-9(6-8)11(13)16/h3-4,6-7,10H,5H2,1-2H3,(H2,13,16)(H,14,15)(H,17,18)/t10-/m0/s1. The molecule has 0 aliphatic heterocycles. The van der Waals surface area contributed by atoms with Crippen LogP contribution < -0.4 is 11.1 Å². The molecule has 1 amide bonds. The summed E-state index contributed by atoms with van der Waals surface area (Å²) in [6.07, 6.45) is 1.90. The number of hydrogen-bond acceptors (Lipinski definition) is 4. The van der Waals surface area contributed by atoms with Crippen LogP contribution in [-0.2, 0) is 4.79 Å². The number of nitrogens with zero attached hydrogens (tertiary/aromatic N) is 1. The van der Waals surface area contributed by atoms with Crippen LogP contribution in [0.3, 0.4) is 0 Å². The lowest BCUT2D eigenvalue weighted by molar-refractivity contribution is -0.138. The molecule has 0 saturated heterocycles. The molecule has 1 rings (SSSR count). The molecule has 1 heterocycles. The highest BCUT2D eigenvalue weighted by Crippen LogP contribution is 2.14. The number of anilines is 1. The number of amides is 1. The molecule has 0 fully saturated rings. The second kappa shape index (κ2) is 6.00. The number of nitrogens with two attached hydrogens (primary N) is 1. The number of aliphatic carboxylic acids is 1. The van der Waals surface area contributed by atoms with Gasteiger partial charge >= 0.3 is 5.97 Å². The number of carbonyl (C=O) groups is 2. The van der Waals surface area contributed by atoms with Crippen molar-refractivity contribution in [3.05, 3.63) is 24.0 Å². The minimum absolute atomic E-state index is 0.105. The maximum Gasteiger partial charge on any atom is 0.326 e. The summed E-state index contributed by atoms with van der Waals surface area (Å²) in [6, 6.07) is 2.34. The molecule has 0 aromatic carbocycles. The maximum atomic E-state index is 11.1. The van der Waals surface area contributed by atoms with E-state index in [-0.39, 0.29) is 11.6 Å². The smallest absolute Gasteiger partial charge is 0.326 e. The third-order valence-electron chi connectivity index (χ3n) is 2.36. The number of rotatable bonds is 6. The first-order valence-electron chi connectivity index (χ1n) is 5.65.